The third-order valence-electron chi connectivity index (χ3n) is 1.72. The first-order valence-corrected chi connectivity index (χ1v) is 4.36. The molecule has 82 valence electrons. The Morgan fingerprint density at radius 1 is 1.60 bits per heavy atom. The second kappa shape index (κ2) is 4.61. The third-order valence-corrected chi connectivity index (χ3v) is 1.72. The largest absolute Gasteiger partial charge is 0.475 e. The molecule has 1 atom stereocenters. The number of carboxylic acids is 1. The highest BCUT2D eigenvalue weighted by atomic mass is 16.4. The van der Waals surface area contributed by atoms with Gasteiger partial charge in [0, 0.05) is 0 Å². The summed E-state index contributed by atoms with van der Waals surface area (Å²) in [6.45, 7) is 1.69. The van der Waals surface area contributed by atoms with Crippen molar-refractivity contribution in [2.24, 2.45) is 5.73 Å². The second-order valence-electron chi connectivity index (χ2n) is 3.08. The van der Waals surface area contributed by atoms with E-state index in [9.17, 15) is 9.59 Å². The summed E-state index contributed by atoms with van der Waals surface area (Å²) in [5, 5.41) is 11.1. The summed E-state index contributed by atoms with van der Waals surface area (Å²) in [4.78, 5) is 21.5. The van der Waals surface area contributed by atoms with Crippen molar-refractivity contribution >= 4 is 11.9 Å². The number of carboxylic acid groups (broad SMARTS) is 1. The Morgan fingerprint density at radius 3 is 2.73 bits per heavy atom. The van der Waals surface area contributed by atoms with Crippen LogP contribution in [0.2, 0.25) is 0 Å². The van der Waals surface area contributed by atoms with Gasteiger partial charge in [0.05, 0.1) is 12.6 Å². The van der Waals surface area contributed by atoms with E-state index in [4.69, 9.17) is 15.3 Å². The van der Waals surface area contributed by atoms with Gasteiger partial charge in [-0.15, -0.1) is 0 Å². The minimum absolute atomic E-state index is 0.133. The van der Waals surface area contributed by atoms with Gasteiger partial charge in [-0.25, -0.2) is 4.79 Å². The van der Waals surface area contributed by atoms with Gasteiger partial charge in [-0.05, 0) is 19.1 Å². The molecule has 6 nitrogen and oxygen atoms in total. The fourth-order valence-electron chi connectivity index (χ4n) is 0.923. The Kier molecular flexibility index (Phi) is 3.46. The smallest absolute Gasteiger partial charge is 0.371 e. The molecule has 0 saturated carbocycles. The number of rotatable bonds is 4. The molecule has 0 spiro atoms. The SMILES string of the molecule is CC(N)C(=O)NCc1ccc(C(=O)O)o1. The van der Waals surface area contributed by atoms with Crippen LogP contribution in [0.15, 0.2) is 16.5 Å². The molecule has 1 amide bonds. The van der Waals surface area contributed by atoms with E-state index in [0.717, 1.165) is 0 Å². The number of hydrogen-bond acceptors (Lipinski definition) is 4. The van der Waals surface area contributed by atoms with Crippen molar-refractivity contribution in [2.75, 3.05) is 0 Å². The summed E-state index contributed by atoms with van der Waals surface area (Å²) >= 11 is 0. The standard InChI is InChI=1S/C9H12N2O4/c1-5(10)8(12)11-4-6-2-3-7(15-6)9(13)14/h2-3,5H,4,10H2,1H3,(H,11,12)(H,13,14). The lowest BCUT2D eigenvalue weighted by Gasteiger charge is -2.05. The fourth-order valence-corrected chi connectivity index (χ4v) is 0.923. The molecule has 0 bridgehead atoms. The normalized spacial score (nSPS) is 12.1. The van der Waals surface area contributed by atoms with Gasteiger partial charge in [0.1, 0.15) is 5.76 Å². The van der Waals surface area contributed by atoms with Crippen molar-refractivity contribution in [2.45, 2.75) is 19.5 Å². The zero-order valence-electron chi connectivity index (χ0n) is 8.19. The van der Waals surface area contributed by atoms with Crippen LogP contribution in [0, 0.1) is 0 Å². The van der Waals surface area contributed by atoms with Crippen molar-refractivity contribution in [3.05, 3.63) is 23.7 Å². The molecule has 0 aliphatic carbocycles. The van der Waals surface area contributed by atoms with Crippen LogP contribution in [0.3, 0.4) is 0 Å². The predicted octanol–water partition coefficient (Wildman–Crippen LogP) is -0.0588. The van der Waals surface area contributed by atoms with Crippen molar-refractivity contribution in [3.63, 3.8) is 0 Å². The van der Waals surface area contributed by atoms with E-state index in [0.29, 0.717) is 5.76 Å². The van der Waals surface area contributed by atoms with Crippen LogP contribution in [0.4, 0.5) is 0 Å². The predicted molar refractivity (Wildman–Crippen MR) is 51.2 cm³/mol. The van der Waals surface area contributed by atoms with E-state index < -0.39 is 12.0 Å². The number of furan rings is 1. The summed E-state index contributed by atoms with van der Waals surface area (Å²) in [5.41, 5.74) is 5.32. The number of hydrogen-bond donors (Lipinski definition) is 3. The van der Waals surface area contributed by atoms with Crippen molar-refractivity contribution < 1.29 is 19.1 Å². The first-order chi connectivity index (χ1) is 7.00. The molecule has 1 aromatic heterocycles. The van der Waals surface area contributed by atoms with Gasteiger partial charge in [-0.2, -0.15) is 0 Å². The quantitative estimate of drug-likeness (QED) is 0.648. The van der Waals surface area contributed by atoms with Crippen molar-refractivity contribution in [1.29, 1.82) is 0 Å². The number of nitrogens with one attached hydrogen (secondary N) is 1. The number of carbonyl (C=O) groups is 2. The van der Waals surface area contributed by atoms with Crippen LogP contribution in [-0.4, -0.2) is 23.0 Å². The summed E-state index contributed by atoms with van der Waals surface area (Å²) in [7, 11) is 0. The van der Waals surface area contributed by atoms with E-state index in [1.165, 1.54) is 12.1 Å². The lowest BCUT2D eigenvalue weighted by atomic mass is 10.3. The molecular formula is C9H12N2O4. The third kappa shape index (κ3) is 3.10. The molecule has 0 fully saturated rings. The maximum atomic E-state index is 11.1. The van der Waals surface area contributed by atoms with Gasteiger partial charge in [-0.3, -0.25) is 4.79 Å². The molecule has 1 rings (SSSR count). The average molecular weight is 212 g/mol. The highest BCUT2D eigenvalue weighted by molar-refractivity contribution is 5.84. The van der Waals surface area contributed by atoms with Crippen LogP contribution >= 0.6 is 0 Å². The van der Waals surface area contributed by atoms with Crippen molar-refractivity contribution in [1.82, 2.24) is 5.32 Å². The fraction of sp³-hybridized carbons (Fsp3) is 0.333. The molecule has 4 N–H and O–H groups in total. The Bertz CT molecular complexity index is 370. The monoisotopic (exact) mass is 212 g/mol. The molecular weight excluding hydrogens is 200 g/mol. The van der Waals surface area contributed by atoms with Crippen molar-refractivity contribution in [3.8, 4) is 0 Å². The van der Waals surface area contributed by atoms with Gasteiger partial charge >= 0.3 is 5.97 Å². The number of nitrogens with two attached hydrogens (primary N) is 1. The van der Waals surface area contributed by atoms with E-state index in [-0.39, 0.29) is 18.2 Å². The number of amides is 1. The maximum Gasteiger partial charge on any atom is 0.371 e. The van der Waals surface area contributed by atoms with E-state index >= 15 is 0 Å². The summed E-state index contributed by atoms with van der Waals surface area (Å²) in [6, 6.07) is 2.22. The molecule has 15 heavy (non-hydrogen) atoms. The topological polar surface area (TPSA) is 106 Å². The summed E-state index contributed by atoms with van der Waals surface area (Å²) in [5.74, 6) is -1.23. The highest BCUT2D eigenvalue weighted by Gasteiger charge is 2.11. The Morgan fingerprint density at radius 2 is 2.27 bits per heavy atom. The van der Waals surface area contributed by atoms with Crippen LogP contribution in [0.25, 0.3) is 0 Å². The average Bonchev–Trinajstić information content (AvgIpc) is 2.62. The van der Waals surface area contributed by atoms with Gasteiger partial charge in [0.15, 0.2) is 0 Å². The molecule has 0 aromatic carbocycles. The lowest BCUT2D eigenvalue weighted by molar-refractivity contribution is -0.122. The van der Waals surface area contributed by atoms with Crippen LogP contribution in [-0.2, 0) is 11.3 Å². The van der Waals surface area contributed by atoms with Crippen LogP contribution in [0.5, 0.6) is 0 Å². The Hall–Kier alpha value is -1.82. The Labute approximate surface area is 86.1 Å². The Balaban J connectivity index is 2.51. The van der Waals surface area contributed by atoms with Gasteiger partial charge < -0.3 is 20.6 Å². The van der Waals surface area contributed by atoms with Crippen LogP contribution < -0.4 is 11.1 Å². The van der Waals surface area contributed by atoms with Crippen LogP contribution in [0.1, 0.15) is 23.2 Å². The molecule has 1 unspecified atom stereocenters. The van der Waals surface area contributed by atoms with Gasteiger partial charge in [0.25, 0.3) is 0 Å². The lowest BCUT2D eigenvalue weighted by Crippen LogP contribution is -2.37. The molecule has 0 aliphatic heterocycles. The first kappa shape index (κ1) is 11.3. The molecule has 6 heteroatoms. The van der Waals surface area contributed by atoms with E-state index in [1.54, 1.807) is 6.92 Å². The maximum absolute atomic E-state index is 11.1. The molecule has 0 aliphatic rings. The molecule has 0 saturated heterocycles. The molecule has 1 aromatic rings. The van der Waals surface area contributed by atoms with E-state index in [2.05, 4.69) is 5.32 Å². The first-order valence-electron chi connectivity index (χ1n) is 4.36. The molecule has 0 radical (unpaired) electrons. The zero-order valence-corrected chi connectivity index (χ0v) is 8.19. The minimum atomic E-state index is -1.14. The van der Waals surface area contributed by atoms with Gasteiger partial charge in [-0.1, -0.05) is 0 Å². The molecule has 1 heterocycles. The highest BCUT2D eigenvalue weighted by Crippen LogP contribution is 2.07. The minimum Gasteiger partial charge on any atom is -0.475 e. The second-order valence-corrected chi connectivity index (χ2v) is 3.08. The van der Waals surface area contributed by atoms with Gasteiger partial charge in [0.2, 0.25) is 11.7 Å². The number of aromatic carboxylic acids is 1. The van der Waals surface area contributed by atoms with E-state index in [1.807, 2.05) is 0 Å². The summed E-state index contributed by atoms with van der Waals surface area (Å²) < 4.78 is 4.92. The number of carbonyl (C=O) groups excluding carboxylic acids is 1. The zero-order chi connectivity index (χ0) is 11.4. The summed E-state index contributed by atoms with van der Waals surface area (Å²) in [6.07, 6.45) is 0.